The van der Waals surface area contributed by atoms with Gasteiger partial charge in [-0.2, -0.15) is 0 Å². The summed E-state index contributed by atoms with van der Waals surface area (Å²) in [5, 5.41) is 23.3. The van der Waals surface area contributed by atoms with E-state index in [1.165, 1.54) is 385 Å². The average Bonchev–Trinajstić information content (AvgIpc) is 3.64. The van der Waals surface area contributed by atoms with Crippen LogP contribution >= 0.6 is 0 Å². The molecule has 0 saturated heterocycles. The number of allylic oxidation sites excluding steroid dienone is 5. The lowest BCUT2D eigenvalue weighted by Crippen LogP contribution is -2.45. The maximum Gasteiger partial charge on any atom is 0.305 e. The molecular formula is C83H159NO5. The first-order valence-electron chi connectivity index (χ1n) is 40.8. The molecule has 0 aromatic heterocycles. The first kappa shape index (κ1) is 87.1. The minimum absolute atomic E-state index is 0.0114. The summed E-state index contributed by atoms with van der Waals surface area (Å²) in [6.07, 6.45) is 103. The number of esters is 1. The Morgan fingerprint density at radius 3 is 0.809 bits per heavy atom. The topological polar surface area (TPSA) is 95.9 Å². The van der Waals surface area contributed by atoms with Gasteiger partial charge in [0.2, 0.25) is 5.91 Å². The fourth-order valence-corrected chi connectivity index (χ4v) is 12.9. The smallest absolute Gasteiger partial charge is 0.305 e. The van der Waals surface area contributed by atoms with Crippen LogP contribution in [0.3, 0.4) is 0 Å². The van der Waals surface area contributed by atoms with Crippen molar-refractivity contribution in [3.63, 3.8) is 0 Å². The van der Waals surface area contributed by atoms with Crippen molar-refractivity contribution in [1.82, 2.24) is 5.32 Å². The van der Waals surface area contributed by atoms with E-state index >= 15 is 0 Å². The largest absolute Gasteiger partial charge is 0.466 e. The van der Waals surface area contributed by atoms with Crippen molar-refractivity contribution in [2.24, 2.45) is 0 Å². The molecule has 0 aliphatic rings. The molecule has 1 amide bonds. The zero-order chi connectivity index (χ0) is 64.2. The second-order valence-corrected chi connectivity index (χ2v) is 28.1. The van der Waals surface area contributed by atoms with Gasteiger partial charge in [0.1, 0.15) is 0 Å². The number of nitrogens with one attached hydrogen (secondary N) is 1. The number of rotatable bonds is 77. The van der Waals surface area contributed by atoms with E-state index in [9.17, 15) is 19.8 Å². The Morgan fingerprint density at radius 1 is 0.303 bits per heavy atom. The van der Waals surface area contributed by atoms with E-state index < -0.39 is 12.1 Å². The summed E-state index contributed by atoms with van der Waals surface area (Å²) in [7, 11) is 0. The molecule has 0 spiro atoms. The van der Waals surface area contributed by atoms with Gasteiger partial charge in [-0.05, 0) is 83.5 Å². The van der Waals surface area contributed by atoms with Crippen LogP contribution in [0.15, 0.2) is 36.5 Å². The monoisotopic (exact) mass is 1250 g/mol. The van der Waals surface area contributed by atoms with Crippen molar-refractivity contribution in [2.75, 3.05) is 13.2 Å². The van der Waals surface area contributed by atoms with Crippen molar-refractivity contribution in [1.29, 1.82) is 0 Å². The molecule has 0 heterocycles. The molecule has 0 fully saturated rings. The van der Waals surface area contributed by atoms with E-state index in [0.717, 1.165) is 44.9 Å². The second kappa shape index (κ2) is 78.5. The summed E-state index contributed by atoms with van der Waals surface area (Å²) in [5.74, 6) is -0.0479. The summed E-state index contributed by atoms with van der Waals surface area (Å²) in [5.41, 5.74) is 0. The van der Waals surface area contributed by atoms with Crippen LogP contribution < -0.4 is 5.32 Å². The normalized spacial score (nSPS) is 12.6. The van der Waals surface area contributed by atoms with Gasteiger partial charge in [0.15, 0.2) is 0 Å². The molecule has 2 unspecified atom stereocenters. The number of ether oxygens (including phenoxy) is 1. The highest BCUT2D eigenvalue weighted by Gasteiger charge is 2.18. The maximum absolute atomic E-state index is 12.6. The Morgan fingerprint density at radius 2 is 0.528 bits per heavy atom. The number of aliphatic hydroxyl groups is 2. The number of hydrogen-bond donors (Lipinski definition) is 3. The Kier molecular flexibility index (Phi) is 76.8. The van der Waals surface area contributed by atoms with Crippen LogP contribution in [0.4, 0.5) is 0 Å². The Hall–Kier alpha value is -1.92. The molecule has 0 aromatic carbocycles. The zero-order valence-electron chi connectivity index (χ0n) is 60.4. The van der Waals surface area contributed by atoms with E-state index in [4.69, 9.17) is 4.74 Å². The highest BCUT2D eigenvalue weighted by atomic mass is 16.5. The van der Waals surface area contributed by atoms with Crippen LogP contribution in [-0.4, -0.2) is 47.4 Å². The van der Waals surface area contributed by atoms with Gasteiger partial charge in [-0.3, -0.25) is 9.59 Å². The molecule has 3 N–H and O–H groups in total. The molecule has 0 bridgehead atoms. The lowest BCUT2D eigenvalue weighted by Gasteiger charge is -2.20. The number of carbonyl (C=O) groups excluding carboxylic acids is 2. The Labute approximate surface area is 557 Å². The molecule has 2 atom stereocenters. The van der Waals surface area contributed by atoms with E-state index in [1.807, 2.05) is 6.08 Å². The highest BCUT2D eigenvalue weighted by molar-refractivity contribution is 5.76. The van der Waals surface area contributed by atoms with Crippen LogP contribution in [0.5, 0.6) is 0 Å². The lowest BCUT2D eigenvalue weighted by molar-refractivity contribution is -0.143. The molecule has 526 valence electrons. The van der Waals surface area contributed by atoms with Crippen LogP contribution in [0.1, 0.15) is 457 Å². The first-order chi connectivity index (χ1) is 44.0. The lowest BCUT2D eigenvalue weighted by atomic mass is 10.0. The molecule has 6 heteroatoms. The van der Waals surface area contributed by atoms with Crippen LogP contribution in [0.2, 0.25) is 0 Å². The van der Waals surface area contributed by atoms with Gasteiger partial charge in [-0.15, -0.1) is 0 Å². The molecule has 0 aliphatic carbocycles. The summed E-state index contributed by atoms with van der Waals surface area (Å²) in [6, 6.07) is -0.627. The van der Waals surface area contributed by atoms with Crippen molar-refractivity contribution >= 4 is 11.9 Å². The van der Waals surface area contributed by atoms with E-state index in [2.05, 4.69) is 43.5 Å². The van der Waals surface area contributed by atoms with E-state index in [1.54, 1.807) is 6.08 Å². The molecule has 6 nitrogen and oxygen atoms in total. The number of unbranched alkanes of at least 4 members (excludes halogenated alkanes) is 62. The predicted octanol–water partition coefficient (Wildman–Crippen LogP) is 27.0. The number of aliphatic hydroxyl groups excluding tert-OH is 2. The molecule has 0 aliphatic heterocycles. The highest BCUT2D eigenvalue weighted by Crippen LogP contribution is 2.20. The van der Waals surface area contributed by atoms with Gasteiger partial charge < -0.3 is 20.3 Å². The predicted molar refractivity (Wildman–Crippen MR) is 393 cm³/mol. The first-order valence-corrected chi connectivity index (χ1v) is 40.8. The fourth-order valence-electron chi connectivity index (χ4n) is 12.9. The minimum Gasteiger partial charge on any atom is -0.466 e. The third-order valence-corrected chi connectivity index (χ3v) is 19.1. The van der Waals surface area contributed by atoms with Gasteiger partial charge in [-0.25, -0.2) is 0 Å². The van der Waals surface area contributed by atoms with Crippen molar-refractivity contribution in [3.8, 4) is 0 Å². The number of amides is 1. The molecule has 89 heavy (non-hydrogen) atoms. The summed E-state index contributed by atoms with van der Waals surface area (Å²) >= 11 is 0. The van der Waals surface area contributed by atoms with E-state index in [0.29, 0.717) is 19.4 Å². The molecular weight excluding hydrogens is 1090 g/mol. The van der Waals surface area contributed by atoms with Crippen LogP contribution in [-0.2, 0) is 14.3 Å². The van der Waals surface area contributed by atoms with E-state index in [-0.39, 0.29) is 18.5 Å². The third-order valence-electron chi connectivity index (χ3n) is 19.1. The van der Waals surface area contributed by atoms with Crippen molar-refractivity contribution in [3.05, 3.63) is 36.5 Å². The summed E-state index contributed by atoms with van der Waals surface area (Å²) < 4.78 is 5.49. The molecule has 0 saturated carbocycles. The van der Waals surface area contributed by atoms with Crippen molar-refractivity contribution in [2.45, 2.75) is 469 Å². The van der Waals surface area contributed by atoms with Crippen LogP contribution in [0, 0.1) is 0 Å². The minimum atomic E-state index is -0.844. The molecule has 0 radical (unpaired) electrons. The summed E-state index contributed by atoms with van der Waals surface area (Å²) in [6.45, 7) is 4.94. The van der Waals surface area contributed by atoms with Gasteiger partial charge in [0.05, 0.1) is 25.4 Å². The standard InChI is InChI=1S/C83H159NO5/c1-3-5-7-9-11-13-15-17-18-19-20-21-22-36-39-42-45-48-52-55-59-63-67-71-75-81(86)80(79-85)84-82(87)76-72-68-64-60-56-53-49-46-43-40-37-34-32-30-28-26-24-23-25-27-29-31-33-35-38-41-44-47-50-54-58-62-66-70-74-78-89-83(88)77-73-69-65-61-57-51-16-14-12-10-8-6-4-2/h14,16,25,27,71,75,80-81,85-86H,3-13,15,17-24,26,28-70,72-74,76-79H2,1-2H3,(H,84,87)/b16-14-,27-25-,75-71+. The Bertz CT molecular complexity index is 1440. The SMILES string of the molecule is CCCCCC/C=C\CCCCCCCC(=O)OCCCCCCCCCCCCCCCC/C=C\CCCCCCCCCCCCCCCCCCCC(=O)NC(CO)C(O)/C=C/CCCCCCCCCCCCCCCCCCCCCCCC. The van der Waals surface area contributed by atoms with Crippen LogP contribution in [0.25, 0.3) is 0 Å². The van der Waals surface area contributed by atoms with Gasteiger partial charge >= 0.3 is 5.97 Å². The third kappa shape index (κ3) is 75.0. The molecule has 0 rings (SSSR count). The zero-order valence-corrected chi connectivity index (χ0v) is 60.4. The number of hydrogen-bond acceptors (Lipinski definition) is 5. The fraction of sp³-hybridized carbons (Fsp3) is 0.904. The van der Waals surface area contributed by atoms with Crippen molar-refractivity contribution < 1.29 is 24.5 Å². The average molecular weight is 1250 g/mol. The van der Waals surface area contributed by atoms with Gasteiger partial charge in [-0.1, -0.05) is 397 Å². The maximum atomic E-state index is 12.6. The Balaban J connectivity index is 3.37. The van der Waals surface area contributed by atoms with Gasteiger partial charge in [0.25, 0.3) is 0 Å². The van der Waals surface area contributed by atoms with Gasteiger partial charge in [0, 0.05) is 12.8 Å². The quantitative estimate of drug-likeness (QED) is 0.0320. The number of carbonyl (C=O) groups is 2. The molecule has 0 aromatic rings. The second-order valence-electron chi connectivity index (χ2n) is 28.1. The summed E-state index contributed by atoms with van der Waals surface area (Å²) in [4.78, 5) is 24.6.